The number of nitrogens with zero attached hydrogens (tertiary/aromatic N) is 5. The second-order valence-corrected chi connectivity index (χ2v) is 7.87. The molecule has 3 heterocycles. The quantitative estimate of drug-likeness (QED) is 0.511. The van der Waals surface area contributed by atoms with E-state index in [1.807, 2.05) is 0 Å². The van der Waals surface area contributed by atoms with Crippen LogP contribution in [0.1, 0.15) is 17.5 Å². The van der Waals surface area contributed by atoms with Crippen LogP contribution in [0.3, 0.4) is 0 Å². The summed E-state index contributed by atoms with van der Waals surface area (Å²) >= 11 is 0. The number of aromatic nitrogens is 4. The molecule has 2 N–H and O–H groups in total. The Morgan fingerprint density at radius 3 is 2.71 bits per heavy atom. The molecular weight excluding hydrogens is 450 g/mol. The van der Waals surface area contributed by atoms with Gasteiger partial charge in [0.15, 0.2) is 17.3 Å². The van der Waals surface area contributed by atoms with E-state index < -0.39 is 17.7 Å². The molecule has 1 aromatic carbocycles. The Bertz CT molecular complexity index is 1170. The second kappa shape index (κ2) is 10.00. The van der Waals surface area contributed by atoms with Gasteiger partial charge in [-0.05, 0) is 25.0 Å². The number of hydrogen-bond acceptors (Lipinski definition) is 8. The average Bonchev–Trinajstić information content (AvgIpc) is 3.46. The molecule has 0 radical (unpaired) electrons. The van der Waals surface area contributed by atoms with Crippen molar-refractivity contribution >= 4 is 17.5 Å². The van der Waals surface area contributed by atoms with Crippen LogP contribution in [0.4, 0.5) is 20.4 Å². The van der Waals surface area contributed by atoms with Crippen LogP contribution < -0.4 is 14.8 Å². The van der Waals surface area contributed by atoms with Gasteiger partial charge in [0.05, 0.1) is 43.1 Å². The fourth-order valence-corrected chi connectivity index (χ4v) is 3.54. The van der Waals surface area contributed by atoms with Crippen LogP contribution in [0, 0.1) is 18.6 Å². The highest BCUT2D eigenvalue weighted by Gasteiger charge is 2.24. The first kappa shape index (κ1) is 23.4. The van der Waals surface area contributed by atoms with Crippen molar-refractivity contribution in [3.63, 3.8) is 0 Å². The zero-order valence-corrected chi connectivity index (χ0v) is 18.7. The van der Waals surface area contributed by atoms with Crippen molar-refractivity contribution in [3.8, 4) is 11.5 Å². The van der Waals surface area contributed by atoms with Crippen molar-refractivity contribution in [2.24, 2.45) is 0 Å². The van der Waals surface area contributed by atoms with Gasteiger partial charge in [0.1, 0.15) is 19.0 Å². The SMILES string of the molecule is COc1cc(C)c(F)c(COc2cnc(Nc3cnn(CC(=O)N4CC[C@@H](O)C4)c3)nc2)c1F. The number of halogens is 2. The summed E-state index contributed by atoms with van der Waals surface area (Å²) in [6.07, 6.45) is 6.00. The molecule has 10 nitrogen and oxygen atoms in total. The van der Waals surface area contributed by atoms with Crippen molar-refractivity contribution in [1.82, 2.24) is 24.6 Å². The van der Waals surface area contributed by atoms with Crippen LogP contribution >= 0.6 is 0 Å². The summed E-state index contributed by atoms with van der Waals surface area (Å²) in [6.45, 7) is 2.08. The molecule has 0 unspecified atom stereocenters. The van der Waals surface area contributed by atoms with Gasteiger partial charge in [0.25, 0.3) is 0 Å². The molecule has 1 amide bonds. The van der Waals surface area contributed by atoms with Crippen LogP contribution in [0.15, 0.2) is 30.9 Å². The Morgan fingerprint density at radius 1 is 1.26 bits per heavy atom. The minimum atomic E-state index is -0.818. The number of hydrogen-bond donors (Lipinski definition) is 2. The summed E-state index contributed by atoms with van der Waals surface area (Å²) in [5, 5.41) is 16.7. The van der Waals surface area contributed by atoms with Gasteiger partial charge in [0, 0.05) is 19.3 Å². The molecule has 34 heavy (non-hydrogen) atoms. The minimum absolute atomic E-state index is 0.0545. The lowest BCUT2D eigenvalue weighted by molar-refractivity contribution is -0.131. The number of aliphatic hydroxyl groups excluding tert-OH is 1. The second-order valence-electron chi connectivity index (χ2n) is 7.87. The van der Waals surface area contributed by atoms with E-state index in [2.05, 4.69) is 20.4 Å². The largest absolute Gasteiger partial charge is 0.494 e. The molecule has 1 aliphatic heterocycles. The van der Waals surface area contributed by atoms with Crippen LogP contribution in [-0.2, 0) is 17.9 Å². The molecule has 1 saturated heterocycles. The summed E-state index contributed by atoms with van der Waals surface area (Å²) in [5.74, 6) is -1.24. The zero-order valence-electron chi connectivity index (χ0n) is 18.7. The molecule has 2 aromatic heterocycles. The lowest BCUT2D eigenvalue weighted by Crippen LogP contribution is -2.32. The van der Waals surface area contributed by atoms with Crippen molar-refractivity contribution in [1.29, 1.82) is 0 Å². The van der Waals surface area contributed by atoms with E-state index in [4.69, 9.17) is 9.47 Å². The van der Waals surface area contributed by atoms with Gasteiger partial charge in [0.2, 0.25) is 11.9 Å². The van der Waals surface area contributed by atoms with E-state index in [0.717, 1.165) is 0 Å². The van der Waals surface area contributed by atoms with Crippen LogP contribution in [0.25, 0.3) is 0 Å². The molecule has 1 fully saturated rings. The Balaban J connectivity index is 1.33. The fraction of sp³-hybridized carbons (Fsp3) is 0.364. The number of carbonyl (C=O) groups excluding carboxylic acids is 1. The van der Waals surface area contributed by atoms with Gasteiger partial charge in [-0.25, -0.2) is 18.7 Å². The standard InChI is InChI=1S/C22H24F2N6O4/c1-13-5-18(33-2)21(24)17(20(13)23)12-34-16-7-25-22(26-8-16)28-14-6-27-30(9-14)11-19(32)29-4-3-15(31)10-29/h5-9,15,31H,3-4,10-12H2,1-2H3,(H,25,26,28)/t15-/m1/s1. The molecule has 0 saturated carbocycles. The zero-order chi connectivity index (χ0) is 24.2. The number of carbonyl (C=O) groups is 1. The van der Waals surface area contributed by atoms with E-state index in [9.17, 15) is 18.7 Å². The minimum Gasteiger partial charge on any atom is -0.494 e. The number of aryl methyl sites for hydroxylation is 1. The molecule has 1 aliphatic rings. The third kappa shape index (κ3) is 5.22. The summed E-state index contributed by atoms with van der Waals surface area (Å²) < 4.78 is 40.6. The number of nitrogens with one attached hydrogen (secondary N) is 1. The summed E-state index contributed by atoms with van der Waals surface area (Å²) in [7, 11) is 1.31. The maximum absolute atomic E-state index is 14.4. The summed E-state index contributed by atoms with van der Waals surface area (Å²) in [4.78, 5) is 22.1. The topological polar surface area (TPSA) is 115 Å². The van der Waals surface area contributed by atoms with E-state index >= 15 is 0 Å². The highest BCUT2D eigenvalue weighted by atomic mass is 19.1. The van der Waals surface area contributed by atoms with E-state index in [1.165, 1.54) is 43.4 Å². The Labute approximate surface area is 194 Å². The van der Waals surface area contributed by atoms with Crippen molar-refractivity contribution in [2.45, 2.75) is 32.6 Å². The summed E-state index contributed by atoms with van der Waals surface area (Å²) in [5.41, 5.74) is 0.566. The maximum Gasteiger partial charge on any atom is 0.244 e. The Hall–Kier alpha value is -3.80. The first-order chi connectivity index (χ1) is 16.3. The number of ether oxygens (including phenoxy) is 2. The smallest absolute Gasteiger partial charge is 0.244 e. The van der Waals surface area contributed by atoms with Crippen molar-refractivity contribution < 1.29 is 28.2 Å². The Morgan fingerprint density at radius 2 is 2.03 bits per heavy atom. The number of β-amino-alcohol motifs (C(OH)–C–C–N with tert-alkyl or cyclic N) is 1. The lowest BCUT2D eigenvalue weighted by atomic mass is 10.1. The number of rotatable bonds is 8. The molecule has 1 atom stereocenters. The normalized spacial score (nSPS) is 15.4. The van der Waals surface area contributed by atoms with Crippen LogP contribution in [0.5, 0.6) is 11.5 Å². The lowest BCUT2D eigenvalue weighted by Gasteiger charge is -2.15. The Kier molecular flexibility index (Phi) is 6.87. The first-order valence-electron chi connectivity index (χ1n) is 10.6. The molecule has 0 aliphatic carbocycles. The molecule has 180 valence electrons. The van der Waals surface area contributed by atoms with Gasteiger partial charge >= 0.3 is 0 Å². The van der Waals surface area contributed by atoms with Gasteiger partial charge < -0.3 is 24.8 Å². The van der Waals surface area contributed by atoms with Crippen LogP contribution in [-0.4, -0.2) is 62.0 Å². The predicted octanol–water partition coefficient (Wildman–Crippen LogP) is 2.18. The number of anilines is 2. The number of amides is 1. The molecule has 3 aromatic rings. The van der Waals surface area contributed by atoms with Crippen molar-refractivity contribution in [3.05, 3.63) is 53.6 Å². The third-order valence-corrected chi connectivity index (χ3v) is 5.37. The van der Waals surface area contributed by atoms with E-state index in [1.54, 1.807) is 11.1 Å². The van der Waals surface area contributed by atoms with E-state index in [0.29, 0.717) is 25.2 Å². The molecule has 0 bridgehead atoms. The maximum atomic E-state index is 14.4. The number of benzene rings is 1. The van der Waals surface area contributed by atoms with Gasteiger partial charge in [-0.3, -0.25) is 9.48 Å². The first-order valence-corrected chi connectivity index (χ1v) is 10.6. The van der Waals surface area contributed by atoms with Gasteiger partial charge in [-0.2, -0.15) is 5.10 Å². The van der Waals surface area contributed by atoms with Gasteiger partial charge in [-0.1, -0.05) is 0 Å². The predicted molar refractivity (Wildman–Crippen MR) is 117 cm³/mol. The highest BCUT2D eigenvalue weighted by molar-refractivity contribution is 5.76. The van der Waals surface area contributed by atoms with Gasteiger partial charge in [-0.15, -0.1) is 0 Å². The van der Waals surface area contributed by atoms with E-state index in [-0.39, 0.29) is 47.6 Å². The molecule has 4 rings (SSSR count). The summed E-state index contributed by atoms with van der Waals surface area (Å²) in [6, 6.07) is 1.28. The molecular formula is C22H24F2N6O4. The van der Waals surface area contributed by atoms with Crippen molar-refractivity contribution in [2.75, 3.05) is 25.5 Å². The monoisotopic (exact) mass is 474 g/mol. The number of aliphatic hydroxyl groups is 1. The average molecular weight is 474 g/mol. The molecule has 12 heteroatoms. The fourth-order valence-electron chi connectivity index (χ4n) is 3.54. The number of methoxy groups -OCH3 is 1. The third-order valence-electron chi connectivity index (χ3n) is 5.37. The highest BCUT2D eigenvalue weighted by Crippen LogP contribution is 2.27. The number of likely N-dealkylation sites (tertiary alicyclic amines) is 1. The van der Waals surface area contributed by atoms with Crippen LogP contribution in [0.2, 0.25) is 0 Å². The molecule has 0 spiro atoms.